The van der Waals surface area contributed by atoms with Gasteiger partial charge in [0.15, 0.2) is 5.96 Å². The fourth-order valence-corrected chi connectivity index (χ4v) is 2.12. The summed E-state index contributed by atoms with van der Waals surface area (Å²) in [5, 5.41) is 3.04. The zero-order valence-electron chi connectivity index (χ0n) is 12.0. The van der Waals surface area contributed by atoms with Crippen LogP contribution in [0.3, 0.4) is 0 Å². The van der Waals surface area contributed by atoms with Crippen molar-refractivity contribution in [2.45, 2.75) is 64.4 Å². The van der Waals surface area contributed by atoms with Crippen molar-refractivity contribution in [3.63, 3.8) is 0 Å². The van der Waals surface area contributed by atoms with Crippen LogP contribution in [-0.4, -0.2) is 31.1 Å². The van der Waals surface area contributed by atoms with Crippen molar-refractivity contribution in [2.24, 2.45) is 10.7 Å². The number of guanidine groups is 1. The molecule has 0 amide bonds. The first kappa shape index (κ1) is 15.8. The van der Waals surface area contributed by atoms with E-state index in [1.165, 1.54) is 12.8 Å². The fraction of sp³-hybridized carbons (Fsp3) is 0.857. The van der Waals surface area contributed by atoms with E-state index in [2.05, 4.69) is 17.2 Å². The van der Waals surface area contributed by atoms with Crippen molar-refractivity contribution in [2.75, 3.05) is 13.1 Å². The molecule has 0 saturated heterocycles. The minimum absolute atomic E-state index is 0.0976. The number of ether oxygens (including phenoxy) is 1. The van der Waals surface area contributed by atoms with E-state index >= 15 is 0 Å². The largest absolute Gasteiger partial charge is 0.462 e. The average Bonchev–Trinajstić information content (AvgIpc) is 2.88. The Hall–Kier alpha value is -1.26. The summed E-state index contributed by atoms with van der Waals surface area (Å²) >= 11 is 0. The van der Waals surface area contributed by atoms with Crippen LogP contribution in [0.5, 0.6) is 0 Å². The van der Waals surface area contributed by atoms with Crippen LogP contribution in [-0.2, 0) is 9.53 Å². The Bertz CT molecular complexity index is 286. The number of carbonyl (C=O) groups is 1. The van der Waals surface area contributed by atoms with Gasteiger partial charge in [-0.3, -0.25) is 9.79 Å². The Morgan fingerprint density at radius 2 is 2.11 bits per heavy atom. The number of carbonyl (C=O) groups excluding carboxylic acids is 1. The third-order valence-electron chi connectivity index (χ3n) is 3.26. The Kier molecular flexibility index (Phi) is 8.02. The Balaban J connectivity index is 2.02. The van der Waals surface area contributed by atoms with Crippen LogP contribution in [0.15, 0.2) is 4.99 Å². The molecule has 1 rings (SSSR count). The molecular formula is C14H27N3O2. The quantitative estimate of drug-likeness (QED) is 0.306. The summed E-state index contributed by atoms with van der Waals surface area (Å²) in [6, 6.07) is 0. The molecule has 0 aromatic carbocycles. The number of nitrogens with one attached hydrogen (secondary N) is 1. The second kappa shape index (κ2) is 9.64. The molecule has 0 aliphatic heterocycles. The Morgan fingerprint density at radius 1 is 1.37 bits per heavy atom. The highest BCUT2D eigenvalue weighted by atomic mass is 16.5. The maximum absolute atomic E-state index is 11.5. The minimum Gasteiger partial charge on any atom is -0.462 e. The van der Waals surface area contributed by atoms with Gasteiger partial charge < -0.3 is 15.8 Å². The summed E-state index contributed by atoms with van der Waals surface area (Å²) in [6.07, 6.45) is 7.93. The normalized spacial score (nSPS) is 16.6. The van der Waals surface area contributed by atoms with Crippen LogP contribution in [0.2, 0.25) is 0 Å². The lowest BCUT2D eigenvalue weighted by atomic mass is 10.3. The average molecular weight is 269 g/mol. The second-order valence-electron chi connectivity index (χ2n) is 5.05. The number of hydrogen-bond acceptors (Lipinski definition) is 3. The molecule has 0 aromatic rings. The molecule has 1 fully saturated rings. The van der Waals surface area contributed by atoms with Gasteiger partial charge in [0.2, 0.25) is 0 Å². The number of esters is 1. The minimum atomic E-state index is -0.0976. The van der Waals surface area contributed by atoms with Crippen LogP contribution >= 0.6 is 0 Å². The number of nitrogens with zero attached hydrogens (tertiary/aromatic N) is 1. The third-order valence-corrected chi connectivity index (χ3v) is 3.26. The van der Waals surface area contributed by atoms with E-state index in [0.717, 1.165) is 32.2 Å². The van der Waals surface area contributed by atoms with Crippen molar-refractivity contribution in [3.8, 4) is 0 Å². The van der Waals surface area contributed by atoms with E-state index in [1.54, 1.807) is 0 Å². The Morgan fingerprint density at radius 3 is 2.79 bits per heavy atom. The zero-order valence-corrected chi connectivity index (χ0v) is 12.0. The van der Waals surface area contributed by atoms with Crippen LogP contribution in [0.25, 0.3) is 0 Å². The standard InChI is InChI=1S/C14H27N3O2/c1-2-3-10-16-14(15)17-11-6-9-13(18)19-12-7-4-5-8-12/h12H,2-11H2,1H3,(H3,15,16,17). The second-order valence-corrected chi connectivity index (χ2v) is 5.05. The van der Waals surface area contributed by atoms with E-state index in [0.29, 0.717) is 25.3 Å². The van der Waals surface area contributed by atoms with E-state index in [4.69, 9.17) is 10.5 Å². The number of nitrogens with two attached hydrogens (primary N) is 1. The molecule has 5 nitrogen and oxygen atoms in total. The summed E-state index contributed by atoms with van der Waals surface area (Å²) in [7, 11) is 0. The van der Waals surface area contributed by atoms with Crippen molar-refractivity contribution >= 4 is 11.9 Å². The highest BCUT2D eigenvalue weighted by Crippen LogP contribution is 2.21. The van der Waals surface area contributed by atoms with Gasteiger partial charge in [0.25, 0.3) is 0 Å². The lowest BCUT2D eigenvalue weighted by molar-refractivity contribution is -0.148. The van der Waals surface area contributed by atoms with Crippen molar-refractivity contribution in [3.05, 3.63) is 0 Å². The monoisotopic (exact) mass is 269 g/mol. The van der Waals surface area contributed by atoms with Crippen molar-refractivity contribution < 1.29 is 9.53 Å². The Labute approximate surface area is 116 Å². The first-order valence-corrected chi connectivity index (χ1v) is 7.45. The first-order valence-electron chi connectivity index (χ1n) is 7.45. The maximum Gasteiger partial charge on any atom is 0.306 e. The van der Waals surface area contributed by atoms with Crippen molar-refractivity contribution in [1.82, 2.24) is 5.32 Å². The summed E-state index contributed by atoms with van der Waals surface area (Å²) in [5.74, 6) is 0.372. The van der Waals surface area contributed by atoms with E-state index < -0.39 is 0 Å². The van der Waals surface area contributed by atoms with Gasteiger partial charge in [-0.2, -0.15) is 0 Å². The predicted octanol–water partition coefficient (Wildman–Crippen LogP) is 1.96. The lowest BCUT2D eigenvalue weighted by Gasteiger charge is -2.10. The molecule has 0 aromatic heterocycles. The highest BCUT2D eigenvalue weighted by Gasteiger charge is 2.18. The summed E-state index contributed by atoms with van der Waals surface area (Å²) in [4.78, 5) is 15.7. The molecular weight excluding hydrogens is 242 g/mol. The summed E-state index contributed by atoms with van der Waals surface area (Å²) in [5.41, 5.74) is 5.69. The van der Waals surface area contributed by atoms with Crippen LogP contribution in [0, 0.1) is 0 Å². The topological polar surface area (TPSA) is 76.7 Å². The SMILES string of the molecule is CCCCNC(N)=NCCCC(=O)OC1CCCC1. The molecule has 0 spiro atoms. The molecule has 0 unspecified atom stereocenters. The summed E-state index contributed by atoms with van der Waals surface area (Å²) < 4.78 is 5.36. The van der Waals surface area contributed by atoms with Gasteiger partial charge in [-0.25, -0.2) is 0 Å². The smallest absolute Gasteiger partial charge is 0.306 e. The number of rotatable bonds is 8. The number of hydrogen-bond donors (Lipinski definition) is 2. The highest BCUT2D eigenvalue weighted by molar-refractivity contribution is 5.77. The molecule has 3 N–H and O–H groups in total. The molecule has 5 heteroatoms. The van der Waals surface area contributed by atoms with Gasteiger partial charge in [0.05, 0.1) is 0 Å². The number of aliphatic imine (C=N–C) groups is 1. The lowest BCUT2D eigenvalue weighted by Crippen LogP contribution is -2.32. The fourth-order valence-electron chi connectivity index (χ4n) is 2.12. The predicted molar refractivity (Wildman–Crippen MR) is 77.0 cm³/mol. The van der Waals surface area contributed by atoms with Gasteiger partial charge in [-0.05, 0) is 38.5 Å². The molecule has 1 saturated carbocycles. The van der Waals surface area contributed by atoms with Crippen molar-refractivity contribution in [1.29, 1.82) is 0 Å². The van der Waals surface area contributed by atoms with Crippen LogP contribution in [0.1, 0.15) is 58.3 Å². The first-order chi connectivity index (χ1) is 9.22. The van der Waals surface area contributed by atoms with Gasteiger partial charge in [0, 0.05) is 19.5 Å². The molecule has 0 heterocycles. The van der Waals surface area contributed by atoms with Crippen LogP contribution < -0.4 is 11.1 Å². The number of unbranched alkanes of at least 4 members (excludes halogenated alkanes) is 1. The summed E-state index contributed by atoms with van der Waals surface area (Å²) in [6.45, 7) is 3.56. The zero-order chi connectivity index (χ0) is 13.9. The molecule has 0 bridgehead atoms. The third kappa shape index (κ3) is 7.70. The molecule has 19 heavy (non-hydrogen) atoms. The van der Waals surface area contributed by atoms with Gasteiger partial charge in [-0.1, -0.05) is 13.3 Å². The molecule has 1 aliphatic rings. The molecule has 0 atom stereocenters. The van der Waals surface area contributed by atoms with E-state index in [-0.39, 0.29) is 12.1 Å². The molecule has 0 radical (unpaired) electrons. The van der Waals surface area contributed by atoms with E-state index in [1.807, 2.05) is 0 Å². The van der Waals surface area contributed by atoms with Gasteiger partial charge in [-0.15, -0.1) is 0 Å². The van der Waals surface area contributed by atoms with E-state index in [9.17, 15) is 4.79 Å². The van der Waals surface area contributed by atoms with Crippen LogP contribution in [0.4, 0.5) is 0 Å². The van der Waals surface area contributed by atoms with Gasteiger partial charge in [0.1, 0.15) is 6.10 Å². The molecule has 1 aliphatic carbocycles. The van der Waals surface area contributed by atoms with Gasteiger partial charge >= 0.3 is 5.97 Å². The maximum atomic E-state index is 11.5. The molecule has 110 valence electrons.